The highest BCUT2D eigenvalue weighted by Gasteiger charge is 2.49. The van der Waals surface area contributed by atoms with Crippen LogP contribution in [0, 0.1) is 0 Å². The van der Waals surface area contributed by atoms with E-state index in [2.05, 4.69) is 4.18 Å². The summed E-state index contributed by atoms with van der Waals surface area (Å²) in [4.78, 5) is 12.4. The number of benzene rings is 2. The summed E-state index contributed by atoms with van der Waals surface area (Å²) in [6.45, 7) is 0. The van der Waals surface area contributed by atoms with Crippen molar-refractivity contribution in [3.05, 3.63) is 63.6 Å². The Hall–Kier alpha value is -2.23. The number of alkyl halides is 3. The molecule has 0 aliphatic rings. The highest BCUT2D eigenvalue weighted by atomic mass is 35.5. The van der Waals surface area contributed by atoms with Crippen molar-refractivity contribution in [2.24, 2.45) is 0 Å². The van der Waals surface area contributed by atoms with Gasteiger partial charge >= 0.3 is 15.6 Å². The van der Waals surface area contributed by atoms with E-state index in [-0.39, 0.29) is 10.8 Å². The molecule has 150 valence electrons. The average Bonchev–Trinajstić information content (AvgIpc) is 2.61. The Labute approximate surface area is 168 Å². The number of carbonyl (C=O) groups excluding carboxylic acids is 1. The smallest absolute Gasteiger partial charge is 0.497 e. The first-order chi connectivity index (χ1) is 12.9. The molecule has 0 aromatic heterocycles. The quantitative estimate of drug-likeness (QED) is 0.262. The Bertz CT molecular complexity index is 1030. The van der Waals surface area contributed by atoms with Crippen molar-refractivity contribution >= 4 is 45.2 Å². The van der Waals surface area contributed by atoms with Gasteiger partial charge in [-0.2, -0.15) is 21.6 Å². The summed E-state index contributed by atoms with van der Waals surface area (Å²) >= 11 is 11.7. The van der Waals surface area contributed by atoms with Crippen LogP contribution in [0.2, 0.25) is 10.0 Å². The molecular weight excluding hydrogens is 444 g/mol. The van der Waals surface area contributed by atoms with Crippen LogP contribution in [0.3, 0.4) is 0 Å². The Balaban J connectivity index is 2.40. The third-order valence-electron chi connectivity index (χ3n) is 3.31. The average molecular weight is 455 g/mol. The number of ether oxygens (including phenoxy) is 1. The lowest BCUT2D eigenvalue weighted by atomic mass is 10.1. The van der Waals surface area contributed by atoms with Gasteiger partial charge in [-0.05, 0) is 42.0 Å². The Morgan fingerprint density at radius 3 is 2.32 bits per heavy atom. The van der Waals surface area contributed by atoms with E-state index in [0.717, 1.165) is 24.3 Å². The van der Waals surface area contributed by atoms with Crippen LogP contribution in [0.1, 0.15) is 15.9 Å². The van der Waals surface area contributed by atoms with E-state index in [0.29, 0.717) is 10.6 Å². The van der Waals surface area contributed by atoms with Crippen molar-refractivity contribution in [1.29, 1.82) is 0 Å². The van der Waals surface area contributed by atoms with Crippen LogP contribution in [0.15, 0.2) is 42.5 Å². The number of carbonyl (C=O) groups is 1. The standard InChI is InChI=1S/C17H11Cl2F3O5S/c1-26-11-4-7-16(27-28(24,25)17(20,21)22)12(9-11)15(23)6-3-10-2-5-13(18)14(19)8-10/h2-9H,1H3/b6-3+. The lowest BCUT2D eigenvalue weighted by Crippen LogP contribution is -2.28. The Morgan fingerprint density at radius 2 is 1.75 bits per heavy atom. The molecule has 0 aliphatic carbocycles. The molecule has 5 nitrogen and oxygen atoms in total. The minimum absolute atomic E-state index is 0.114. The predicted molar refractivity (Wildman–Crippen MR) is 98.4 cm³/mol. The van der Waals surface area contributed by atoms with Gasteiger partial charge in [-0.3, -0.25) is 4.79 Å². The number of allylic oxidation sites excluding steroid dienone is 1. The second kappa shape index (κ2) is 8.42. The van der Waals surface area contributed by atoms with Gasteiger partial charge < -0.3 is 8.92 Å². The fourth-order valence-corrected chi connectivity index (χ4v) is 2.73. The minimum atomic E-state index is -5.95. The maximum Gasteiger partial charge on any atom is 0.534 e. The van der Waals surface area contributed by atoms with Crippen molar-refractivity contribution in [2.75, 3.05) is 7.11 Å². The summed E-state index contributed by atoms with van der Waals surface area (Å²) in [6.07, 6.45) is 2.34. The van der Waals surface area contributed by atoms with Crippen LogP contribution in [-0.2, 0) is 10.1 Å². The number of ketones is 1. The molecule has 0 N–H and O–H groups in total. The summed E-state index contributed by atoms with van der Waals surface area (Å²) in [5, 5.41) is 0.531. The fraction of sp³-hybridized carbons (Fsp3) is 0.118. The molecule has 0 unspecified atom stereocenters. The van der Waals surface area contributed by atoms with E-state index in [4.69, 9.17) is 27.9 Å². The van der Waals surface area contributed by atoms with Gasteiger partial charge in [-0.25, -0.2) is 0 Å². The third kappa shape index (κ3) is 5.18. The van der Waals surface area contributed by atoms with Crippen LogP contribution in [0.5, 0.6) is 11.5 Å². The van der Waals surface area contributed by atoms with Gasteiger partial charge in [-0.1, -0.05) is 35.3 Å². The van der Waals surface area contributed by atoms with E-state index < -0.39 is 32.7 Å². The van der Waals surface area contributed by atoms with Crippen molar-refractivity contribution in [3.8, 4) is 11.5 Å². The van der Waals surface area contributed by atoms with Crippen LogP contribution in [0.25, 0.3) is 6.08 Å². The molecule has 0 aliphatic heterocycles. The molecule has 0 heterocycles. The molecule has 0 amide bonds. The topological polar surface area (TPSA) is 69.7 Å². The van der Waals surface area contributed by atoms with Crippen LogP contribution < -0.4 is 8.92 Å². The summed E-state index contributed by atoms with van der Waals surface area (Å²) in [5.41, 5.74) is -5.61. The fourth-order valence-electron chi connectivity index (χ4n) is 1.94. The van der Waals surface area contributed by atoms with Gasteiger partial charge in [0.15, 0.2) is 11.5 Å². The zero-order chi connectivity index (χ0) is 21.1. The monoisotopic (exact) mass is 454 g/mol. The predicted octanol–water partition coefficient (Wildman–Crippen LogP) is 5.13. The maximum absolute atomic E-state index is 12.6. The lowest BCUT2D eigenvalue weighted by Gasteiger charge is -2.12. The minimum Gasteiger partial charge on any atom is -0.497 e. The molecule has 2 rings (SSSR count). The zero-order valence-corrected chi connectivity index (χ0v) is 16.3. The summed E-state index contributed by atoms with van der Waals surface area (Å²) in [5.74, 6) is -1.50. The maximum atomic E-state index is 12.6. The molecule has 11 heteroatoms. The van der Waals surface area contributed by atoms with E-state index in [1.807, 2.05) is 0 Å². The van der Waals surface area contributed by atoms with Crippen molar-refractivity contribution < 1.29 is 35.3 Å². The van der Waals surface area contributed by atoms with Gasteiger partial charge in [0.2, 0.25) is 0 Å². The van der Waals surface area contributed by atoms with Crippen LogP contribution in [0.4, 0.5) is 13.2 Å². The van der Waals surface area contributed by atoms with Gasteiger partial charge in [0.25, 0.3) is 0 Å². The molecular formula is C17H11Cl2F3O5S. The number of methoxy groups -OCH3 is 1. The molecule has 0 bridgehead atoms. The van der Waals surface area contributed by atoms with E-state index in [9.17, 15) is 26.4 Å². The SMILES string of the molecule is COc1ccc(OS(=O)(=O)C(F)(F)F)c(C(=O)/C=C/c2ccc(Cl)c(Cl)c2)c1. The Morgan fingerprint density at radius 1 is 1.07 bits per heavy atom. The molecule has 0 spiro atoms. The number of hydrogen-bond donors (Lipinski definition) is 0. The van der Waals surface area contributed by atoms with Gasteiger partial charge in [0.05, 0.1) is 22.7 Å². The third-order valence-corrected chi connectivity index (χ3v) is 5.01. The van der Waals surface area contributed by atoms with E-state index in [1.165, 1.54) is 25.3 Å². The van der Waals surface area contributed by atoms with Gasteiger partial charge in [-0.15, -0.1) is 0 Å². The first-order valence-electron chi connectivity index (χ1n) is 7.31. The molecule has 2 aromatic rings. The largest absolute Gasteiger partial charge is 0.534 e. The van der Waals surface area contributed by atoms with Gasteiger partial charge in [0.1, 0.15) is 5.75 Å². The highest BCUT2D eigenvalue weighted by molar-refractivity contribution is 7.88. The molecule has 0 atom stereocenters. The molecule has 0 saturated carbocycles. The number of halogens is 5. The summed E-state index contributed by atoms with van der Waals surface area (Å²) in [7, 11) is -4.69. The normalized spacial score (nSPS) is 12.2. The van der Waals surface area contributed by atoms with Gasteiger partial charge in [0, 0.05) is 0 Å². The number of rotatable bonds is 6. The zero-order valence-electron chi connectivity index (χ0n) is 14.0. The Kier molecular flexibility index (Phi) is 6.63. The number of hydrogen-bond acceptors (Lipinski definition) is 5. The van der Waals surface area contributed by atoms with E-state index in [1.54, 1.807) is 6.07 Å². The first-order valence-corrected chi connectivity index (χ1v) is 9.47. The summed E-state index contributed by atoms with van der Waals surface area (Å²) < 4.78 is 69.3. The highest BCUT2D eigenvalue weighted by Crippen LogP contribution is 2.31. The second-order valence-corrected chi connectivity index (χ2v) is 7.57. The molecule has 28 heavy (non-hydrogen) atoms. The summed E-state index contributed by atoms with van der Waals surface area (Å²) in [6, 6.07) is 7.61. The molecule has 2 aromatic carbocycles. The van der Waals surface area contributed by atoms with E-state index >= 15 is 0 Å². The molecule has 0 saturated heterocycles. The van der Waals surface area contributed by atoms with Crippen molar-refractivity contribution in [3.63, 3.8) is 0 Å². The second-order valence-electron chi connectivity index (χ2n) is 5.22. The van der Waals surface area contributed by atoms with Crippen molar-refractivity contribution in [1.82, 2.24) is 0 Å². The van der Waals surface area contributed by atoms with Crippen LogP contribution >= 0.6 is 23.2 Å². The molecule has 0 fully saturated rings. The molecule has 0 radical (unpaired) electrons. The van der Waals surface area contributed by atoms with Crippen molar-refractivity contribution in [2.45, 2.75) is 5.51 Å². The first kappa shape index (κ1) is 22.1. The lowest BCUT2D eigenvalue weighted by molar-refractivity contribution is -0.0500. The van der Waals surface area contributed by atoms with Crippen LogP contribution in [-0.4, -0.2) is 26.8 Å².